The second-order valence-corrected chi connectivity index (χ2v) is 5.81. The molecule has 0 amide bonds. The SMILES string of the molecule is CC(C)CC(NCC(C)N(C)C)c1ccccc1. The van der Waals surface area contributed by atoms with E-state index in [-0.39, 0.29) is 0 Å². The molecule has 1 aromatic carbocycles. The summed E-state index contributed by atoms with van der Waals surface area (Å²) in [5, 5.41) is 3.71. The van der Waals surface area contributed by atoms with Crippen LogP contribution >= 0.6 is 0 Å². The van der Waals surface area contributed by atoms with Crippen LogP contribution in [0.4, 0.5) is 0 Å². The third-order valence-electron chi connectivity index (χ3n) is 3.45. The summed E-state index contributed by atoms with van der Waals surface area (Å²) in [5.74, 6) is 0.706. The van der Waals surface area contributed by atoms with Crippen molar-refractivity contribution >= 4 is 0 Å². The molecule has 2 heteroatoms. The Balaban J connectivity index is 2.62. The van der Waals surface area contributed by atoms with Crippen molar-refractivity contribution < 1.29 is 0 Å². The highest BCUT2D eigenvalue weighted by Gasteiger charge is 2.14. The largest absolute Gasteiger partial charge is 0.308 e. The Morgan fingerprint density at radius 2 is 1.67 bits per heavy atom. The minimum Gasteiger partial charge on any atom is -0.308 e. The average Bonchev–Trinajstić information content (AvgIpc) is 2.34. The van der Waals surface area contributed by atoms with E-state index in [0.717, 1.165) is 6.54 Å². The fraction of sp³-hybridized carbons (Fsp3) is 0.625. The number of benzene rings is 1. The number of nitrogens with one attached hydrogen (secondary N) is 1. The Hall–Kier alpha value is -0.860. The average molecular weight is 248 g/mol. The molecule has 0 radical (unpaired) electrons. The molecule has 1 N–H and O–H groups in total. The van der Waals surface area contributed by atoms with Crippen LogP contribution in [0.1, 0.15) is 38.8 Å². The quantitative estimate of drug-likeness (QED) is 0.796. The predicted molar refractivity (Wildman–Crippen MR) is 79.8 cm³/mol. The van der Waals surface area contributed by atoms with Crippen LogP contribution < -0.4 is 5.32 Å². The van der Waals surface area contributed by atoms with E-state index in [2.05, 4.69) is 75.4 Å². The molecule has 2 nitrogen and oxygen atoms in total. The Bertz CT molecular complexity index is 319. The Labute approximate surface area is 112 Å². The molecule has 102 valence electrons. The van der Waals surface area contributed by atoms with E-state index < -0.39 is 0 Å². The van der Waals surface area contributed by atoms with Gasteiger partial charge in [-0.2, -0.15) is 0 Å². The molecule has 2 atom stereocenters. The molecule has 1 rings (SSSR count). The maximum atomic E-state index is 3.71. The van der Waals surface area contributed by atoms with E-state index in [1.165, 1.54) is 12.0 Å². The summed E-state index contributed by atoms with van der Waals surface area (Å²) in [6.07, 6.45) is 1.18. The lowest BCUT2D eigenvalue weighted by atomic mass is 9.97. The van der Waals surface area contributed by atoms with Crippen molar-refractivity contribution in [3.05, 3.63) is 35.9 Å². The van der Waals surface area contributed by atoms with Gasteiger partial charge in [0.15, 0.2) is 0 Å². The zero-order valence-electron chi connectivity index (χ0n) is 12.5. The van der Waals surface area contributed by atoms with Gasteiger partial charge in [-0.1, -0.05) is 44.2 Å². The van der Waals surface area contributed by atoms with E-state index in [1.807, 2.05) is 0 Å². The number of nitrogens with zero attached hydrogens (tertiary/aromatic N) is 1. The highest BCUT2D eigenvalue weighted by molar-refractivity contribution is 5.18. The lowest BCUT2D eigenvalue weighted by Gasteiger charge is -2.26. The zero-order valence-corrected chi connectivity index (χ0v) is 12.5. The Morgan fingerprint density at radius 3 is 2.17 bits per heavy atom. The van der Waals surface area contributed by atoms with Crippen molar-refractivity contribution in [2.45, 2.75) is 39.3 Å². The van der Waals surface area contributed by atoms with Crippen molar-refractivity contribution in [2.24, 2.45) is 5.92 Å². The number of hydrogen-bond donors (Lipinski definition) is 1. The highest BCUT2D eigenvalue weighted by Crippen LogP contribution is 2.20. The number of hydrogen-bond acceptors (Lipinski definition) is 2. The Kier molecular flexibility index (Phi) is 6.37. The highest BCUT2D eigenvalue weighted by atomic mass is 15.1. The monoisotopic (exact) mass is 248 g/mol. The summed E-state index contributed by atoms with van der Waals surface area (Å²) >= 11 is 0. The van der Waals surface area contributed by atoms with Crippen molar-refractivity contribution in [1.82, 2.24) is 10.2 Å². The molecule has 0 aromatic heterocycles. The molecule has 0 aliphatic carbocycles. The van der Waals surface area contributed by atoms with E-state index in [1.54, 1.807) is 0 Å². The lowest BCUT2D eigenvalue weighted by molar-refractivity contribution is 0.286. The second kappa shape index (κ2) is 7.55. The van der Waals surface area contributed by atoms with Gasteiger partial charge >= 0.3 is 0 Å². The van der Waals surface area contributed by atoms with Crippen LogP contribution in [0.15, 0.2) is 30.3 Å². The molecule has 2 unspecified atom stereocenters. The van der Waals surface area contributed by atoms with Crippen molar-refractivity contribution in [3.63, 3.8) is 0 Å². The van der Waals surface area contributed by atoms with Crippen LogP contribution in [0.25, 0.3) is 0 Å². The second-order valence-electron chi connectivity index (χ2n) is 5.81. The van der Waals surface area contributed by atoms with E-state index in [0.29, 0.717) is 18.0 Å². The van der Waals surface area contributed by atoms with Gasteiger partial charge in [0.2, 0.25) is 0 Å². The van der Waals surface area contributed by atoms with Gasteiger partial charge in [0, 0.05) is 18.6 Å². The molecule has 0 fully saturated rings. The first kappa shape index (κ1) is 15.2. The van der Waals surface area contributed by atoms with Crippen LogP contribution in [0, 0.1) is 5.92 Å². The minimum atomic E-state index is 0.466. The molecular formula is C16H28N2. The topological polar surface area (TPSA) is 15.3 Å². The van der Waals surface area contributed by atoms with Crippen molar-refractivity contribution in [3.8, 4) is 0 Å². The summed E-state index contributed by atoms with van der Waals surface area (Å²) < 4.78 is 0. The van der Waals surface area contributed by atoms with Gasteiger partial charge in [0.1, 0.15) is 0 Å². The lowest BCUT2D eigenvalue weighted by Crippen LogP contribution is -2.37. The summed E-state index contributed by atoms with van der Waals surface area (Å²) in [4.78, 5) is 2.25. The van der Waals surface area contributed by atoms with E-state index in [9.17, 15) is 0 Å². The molecule has 0 saturated heterocycles. The molecular weight excluding hydrogens is 220 g/mol. The summed E-state index contributed by atoms with van der Waals surface area (Å²) in [6, 6.07) is 11.8. The third kappa shape index (κ3) is 5.19. The zero-order chi connectivity index (χ0) is 13.5. The van der Waals surface area contributed by atoms with Crippen LogP contribution in [0.3, 0.4) is 0 Å². The van der Waals surface area contributed by atoms with Crippen LogP contribution in [0.2, 0.25) is 0 Å². The predicted octanol–water partition coefficient (Wildman–Crippen LogP) is 3.31. The smallest absolute Gasteiger partial charge is 0.0323 e. The summed E-state index contributed by atoms with van der Waals surface area (Å²) in [7, 11) is 4.26. The number of rotatable bonds is 7. The van der Waals surface area contributed by atoms with Gasteiger partial charge in [0.25, 0.3) is 0 Å². The van der Waals surface area contributed by atoms with Gasteiger partial charge in [-0.25, -0.2) is 0 Å². The van der Waals surface area contributed by atoms with E-state index >= 15 is 0 Å². The standard InChI is InChI=1S/C16H28N2/c1-13(2)11-16(15-9-7-6-8-10-15)17-12-14(3)18(4)5/h6-10,13-14,16-17H,11-12H2,1-5H3. The molecule has 0 aliphatic heterocycles. The van der Waals surface area contributed by atoms with Gasteiger partial charge in [-0.05, 0) is 38.9 Å². The normalized spacial score (nSPS) is 15.1. The molecule has 0 spiro atoms. The van der Waals surface area contributed by atoms with Gasteiger partial charge < -0.3 is 10.2 Å². The Morgan fingerprint density at radius 1 is 1.06 bits per heavy atom. The first-order valence-electron chi connectivity index (χ1n) is 6.95. The summed E-state index contributed by atoms with van der Waals surface area (Å²) in [5.41, 5.74) is 1.40. The van der Waals surface area contributed by atoms with Gasteiger partial charge in [-0.3, -0.25) is 0 Å². The molecule has 0 heterocycles. The van der Waals surface area contributed by atoms with Crippen molar-refractivity contribution in [1.29, 1.82) is 0 Å². The molecule has 1 aromatic rings. The van der Waals surface area contributed by atoms with Crippen LogP contribution in [0.5, 0.6) is 0 Å². The van der Waals surface area contributed by atoms with E-state index in [4.69, 9.17) is 0 Å². The van der Waals surface area contributed by atoms with Crippen LogP contribution in [-0.4, -0.2) is 31.6 Å². The molecule has 0 bridgehead atoms. The molecule has 0 saturated carbocycles. The van der Waals surface area contributed by atoms with Gasteiger partial charge in [-0.15, -0.1) is 0 Å². The first-order chi connectivity index (χ1) is 8.50. The molecule has 18 heavy (non-hydrogen) atoms. The fourth-order valence-corrected chi connectivity index (χ4v) is 1.99. The maximum Gasteiger partial charge on any atom is 0.0323 e. The van der Waals surface area contributed by atoms with Crippen molar-refractivity contribution in [2.75, 3.05) is 20.6 Å². The van der Waals surface area contributed by atoms with Crippen LogP contribution in [-0.2, 0) is 0 Å². The minimum absolute atomic E-state index is 0.466. The first-order valence-corrected chi connectivity index (χ1v) is 6.95. The summed E-state index contributed by atoms with van der Waals surface area (Å²) in [6.45, 7) is 7.85. The number of likely N-dealkylation sites (N-methyl/N-ethyl adjacent to an activating group) is 1. The molecule has 0 aliphatic rings. The van der Waals surface area contributed by atoms with Gasteiger partial charge in [0.05, 0.1) is 0 Å². The maximum absolute atomic E-state index is 3.71. The fourth-order valence-electron chi connectivity index (χ4n) is 1.99. The third-order valence-corrected chi connectivity index (χ3v) is 3.45.